The molecule has 1 aliphatic rings. The van der Waals surface area contributed by atoms with E-state index >= 15 is 0 Å². The first-order chi connectivity index (χ1) is 12.1. The van der Waals surface area contributed by atoms with Crippen LogP contribution in [0.5, 0.6) is 5.75 Å². The molecule has 25 heavy (non-hydrogen) atoms. The van der Waals surface area contributed by atoms with Crippen molar-refractivity contribution in [3.63, 3.8) is 0 Å². The Morgan fingerprint density at radius 3 is 2.76 bits per heavy atom. The Balaban J connectivity index is 1.67. The lowest BCUT2D eigenvalue weighted by atomic mass is 10.1. The van der Waals surface area contributed by atoms with Gasteiger partial charge in [0, 0.05) is 24.6 Å². The summed E-state index contributed by atoms with van der Waals surface area (Å²) in [6, 6.07) is 6.93. The van der Waals surface area contributed by atoms with E-state index in [1.165, 1.54) is 0 Å². The summed E-state index contributed by atoms with van der Waals surface area (Å²) in [6.07, 6.45) is 4.46. The summed E-state index contributed by atoms with van der Waals surface area (Å²) < 4.78 is 5.65. The van der Waals surface area contributed by atoms with Crippen molar-refractivity contribution in [2.75, 3.05) is 19.7 Å². The van der Waals surface area contributed by atoms with Gasteiger partial charge in [-0.3, -0.25) is 9.59 Å². The average Bonchev–Trinajstić information content (AvgIpc) is 3.14. The lowest BCUT2D eigenvalue weighted by Gasteiger charge is -2.11. The molecule has 6 heteroatoms. The van der Waals surface area contributed by atoms with E-state index in [0.29, 0.717) is 24.5 Å². The van der Waals surface area contributed by atoms with Gasteiger partial charge >= 0.3 is 0 Å². The van der Waals surface area contributed by atoms with Gasteiger partial charge in [-0.15, -0.1) is 0 Å². The Kier molecular flexibility index (Phi) is 7.73. The first-order valence-electron chi connectivity index (χ1n) is 9.03. The third kappa shape index (κ3) is 6.74. The molecule has 138 valence electrons. The van der Waals surface area contributed by atoms with Crippen LogP contribution in [0.15, 0.2) is 24.3 Å². The van der Waals surface area contributed by atoms with Gasteiger partial charge in [0.15, 0.2) is 0 Å². The molecule has 1 saturated carbocycles. The van der Waals surface area contributed by atoms with Crippen molar-refractivity contribution in [2.24, 2.45) is 5.92 Å². The summed E-state index contributed by atoms with van der Waals surface area (Å²) in [7, 11) is 0. The molecule has 1 aromatic carbocycles. The molecule has 0 aromatic heterocycles. The van der Waals surface area contributed by atoms with Crippen molar-refractivity contribution in [3.8, 4) is 5.75 Å². The molecule has 0 saturated heterocycles. The van der Waals surface area contributed by atoms with Crippen LogP contribution in [0.1, 0.15) is 49.4 Å². The Morgan fingerprint density at radius 1 is 1.28 bits per heavy atom. The molecule has 0 aliphatic heterocycles. The first kappa shape index (κ1) is 19.2. The number of benzene rings is 1. The molecule has 1 aliphatic carbocycles. The van der Waals surface area contributed by atoms with Gasteiger partial charge in [-0.05, 0) is 44.4 Å². The highest BCUT2D eigenvalue weighted by molar-refractivity contribution is 5.94. The second-order valence-electron chi connectivity index (χ2n) is 6.56. The molecule has 1 atom stereocenters. The first-order valence-corrected chi connectivity index (χ1v) is 9.03. The van der Waals surface area contributed by atoms with E-state index in [1.54, 1.807) is 31.2 Å². The summed E-state index contributed by atoms with van der Waals surface area (Å²) >= 11 is 0. The number of aliphatic hydroxyl groups is 1. The minimum absolute atomic E-state index is 0.161. The minimum atomic E-state index is -0.581. The van der Waals surface area contributed by atoms with Gasteiger partial charge in [0.2, 0.25) is 5.91 Å². The normalized spacial score (nSPS) is 15.6. The zero-order valence-corrected chi connectivity index (χ0v) is 14.8. The maximum Gasteiger partial charge on any atom is 0.251 e. The van der Waals surface area contributed by atoms with Crippen molar-refractivity contribution in [1.82, 2.24) is 10.6 Å². The number of aliphatic hydroxyl groups excluding tert-OH is 1. The van der Waals surface area contributed by atoms with E-state index in [9.17, 15) is 14.7 Å². The quantitative estimate of drug-likeness (QED) is 0.595. The highest BCUT2D eigenvalue weighted by Gasteiger charge is 2.21. The van der Waals surface area contributed by atoms with Crippen LogP contribution >= 0.6 is 0 Å². The number of nitrogens with one attached hydrogen (secondary N) is 2. The number of hydrogen-bond donors (Lipinski definition) is 3. The third-order valence-electron chi connectivity index (χ3n) is 4.27. The molecule has 0 spiro atoms. The maximum atomic E-state index is 12.0. The van der Waals surface area contributed by atoms with Crippen LogP contribution < -0.4 is 15.4 Å². The monoisotopic (exact) mass is 348 g/mol. The van der Waals surface area contributed by atoms with E-state index < -0.39 is 6.10 Å². The standard InChI is InChI=1S/C19H28N2O4/c1-14(22)13-21-19(24)16-8-4-9-17(12-16)25-11-5-10-20-18(23)15-6-2-3-7-15/h4,8-9,12,14-15,22H,2-3,5-7,10-11,13H2,1H3,(H,20,23)(H,21,24)/t14-/m1/s1. The number of ether oxygens (including phenoxy) is 1. The molecule has 0 unspecified atom stereocenters. The number of amides is 2. The molecule has 6 nitrogen and oxygen atoms in total. The summed E-state index contributed by atoms with van der Waals surface area (Å²) in [4.78, 5) is 23.8. The molecule has 0 radical (unpaired) electrons. The van der Waals surface area contributed by atoms with Crippen LogP contribution in [0.3, 0.4) is 0 Å². The average molecular weight is 348 g/mol. The molecular weight excluding hydrogens is 320 g/mol. The van der Waals surface area contributed by atoms with Gasteiger partial charge in [0.25, 0.3) is 5.91 Å². The van der Waals surface area contributed by atoms with Crippen LogP contribution in [-0.4, -0.2) is 42.7 Å². The van der Waals surface area contributed by atoms with Gasteiger partial charge in [-0.25, -0.2) is 0 Å². The maximum absolute atomic E-state index is 12.0. The lowest BCUT2D eigenvalue weighted by Crippen LogP contribution is -2.30. The molecule has 3 N–H and O–H groups in total. The van der Waals surface area contributed by atoms with Gasteiger partial charge in [0.05, 0.1) is 12.7 Å². The SMILES string of the molecule is C[C@@H](O)CNC(=O)c1cccc(OCCCNC(=O)C2CCCC2)c1. The fraction of sp³-hybridized carbons (Fsp3) is 0.579. The predicted octanol–water partition coefficient (Wildman–Crippen LogP) is 1.87. The molecule has 1 aromatic rings. The summed E-state index contributed by atoms with van der Waals surface area (Å²) in [6.45, 7) is 2.91. The smallest absolute Gasteiger partial charge is 0.251 e. The van der Waals surface area contributed by atoms with Crippen molar-refractivity contribution < 1.29 is 19.4 Å². The highest BCUT2D eigenvalue weighted by atomic mass is 16.5. The lowest BCUT2D eigenvalue weighted by molar-refractivity contribution is -0.124. The predicted molar refractivity (Wildman–Crippen MR) is 95.5 cm³/mol. The zero-order valence-electron chi connectivity index (χ0n) is 14.8. The van der Waals surface area contributed by atoms with Crippen LogP contribution in [-0.2, 0) is 4.79 Å². The summed E-state index contributed by atoms with van der Waals surface area (Å²) in [5.41, 5.74) is 0.493. The minimum Gasteiger partial charge on any atom is -0.494 e. The van der Waals surface area contributed by atoms with Crippen molar-refractivity contribution in [1.29, 1.82) is 0 Å². The van der Waals surface area contributed by atoms with Gasteiger partial charge < -0.3 is 20.5 Å². The zero-order chi connectivity index (χ0) is 18.1. The largest absolute Gasteiger partial charge is 0.494 e. The fourth-order valence-electron chi connectivity index (χ4n) is 2.88. The number of hydrogen-bond acceptors (Lipinski definition) is 4. The number of carbonyl (C=O) groups is 2. The Morgan fingerprint density at radius 2 is 2.04 bits per heavy atom. The molecule has 0 bridgehead atoms. The van der Waals surface area contributed by atoms with Gasteiger partial charge in [0.1, 0.15) is 5.75 Å². The summed E-state index contributed by atoms with van der Waals surface area (Å²) in [5.74, 6) is 0.731. The van der Waals surface area contributed by atoms with E-state index in [-0.39, 0.29) is 24.3 Å². The second kappa shape index (κ2) is 10.0. The van der Waals surface area contributed by atoms with E-state index in [2.05, 4.69) is 10.6 Å². The van der Waals surface area contributed by atoms with Crippen molar-refractivity contribution in [3.05, 3.63) is 29.8 Å². The Bertz CT molecular complexity index is 568. The molecule has 1 fully saturated rings. The van der Waals surface area contributed by atoms with E-state index in [0.717, 1.165) is 32.1 Å². The van der Waals surface area contributed by atoms with Gasteiger partial charge in [-0.1, -0.05) is 18.9 Å². The van der Waals surface area contributed by atoms with Crippen molar-refractivity contribution in [2.45, 2.75) is 45.1 Å². The van der Waals surface area contributed by atoms with E-state index in [1.807, 2.05) is 0 Å². The van der Waals surface area contributed by atoms with Gasteiger partial charge in [-0.2, -0.15) is 0 Å². The summed E-state index contributed by atoms with van der Waals surface area (Å²) in [5, 5.41) is 14.8. The van der Waals surface area contributed by atoms with Crippen LogP contribution in [0.4, 0.5) is 0 Å². The second-order valence-corrected chi connectivity index (χ2v) is 6.56. The number of rotatable bonds is 9. The Hall–Kier alpha value is -2.08. The van der Waals surface area contributed by atoms with Crippen LogP contribution in [0.25, 0.3) is 0 Å². The van der Waals surface area contributed by atoms with E-state index in [4.69, 9.17) is 4.74 Å². The van der Waals surface area contributed by atoms with Crippen LogP contribution in [0.2, 0.25) is 0 Å². The van der Waals surface area contributed by atoms with Crippen LogP contribution in [0, 0.1) is 5.92 Å². The molecule has 0 heterocycles. The highest BCUT2D eigenvalue weighted by Crippen LogP contribution is 2.24. The molecule has 2 rings (SSSR count). The fourth-order valence-corrected chi connectivity index (χ4v) is 2.88. The molecule has 2 amide bonds. The number of carbonyl (C=O) groups excluding carboxylic acids is 2. The van der Waals surface area contributed by atoms with Crippen molar-refractivity contribution >= 4 is 11.8 Å². The third-order valence-corrected chi connectivity index (χ3v) is 4.27. The topological polar surface area (TPSA) is 87.7 Å². The Labute approximate surface area is 149 Å². The molecular formula is C19H28N2O4.